The molecule has 8 heteroatoms. The Morgan fingerprint density at radius 1 is 1.03 bits per heavy atom. The van der Waals surface area contributed by atoms with E-state index >= 15 is 0 Å². The van der Waals surface area contributed by atoms with Crippen LogP contribution in [0.1, 0.15) is 11.6 Å². The van der Waals surface area contributed by atoms with Crippen LogP contribution < -0.4 is 10.1 Å². The highest BCUT2D eigenvalue weighted by molar-refractivity contribution is 5.59. The third-order valence-electron chi connectivity index (χ3n) is 4.19. The Balaban J connectivity index is 1.41. The van der Waals surface area contributed by atoms with Crippen LogP contribution in [0, 0.1) is 11.3 Å². The van der Waals surface area contributed by atoms with Crippen LogP contribution in [-0.4, -0.2) is 28.8 Å². The molecule has 2 aromatic carbocycles. The molecule has 2 heterocycles. The van der Waals surface area contributed by atoms with Gasteiger partial charge in [0.15, 0.2) is 0 Å². The van der Waals surface area contributed by atoms with Crippen molar-refractivity contribution in [2.24, 2.45) is 0 Å². The van der Waals surface area contributed by atoms with Crippen LogP contribution in [0.4, 0.5) is 5.88 Å². The summed E-state index contributed by atoms with van der Waals surface area (Å²) in [5, 5.41) is 16.4. The summed E-state index contributed by atoms with van der Waals surface area (Å²) in [6, 6.07) is 18.9. The van der Waals surface area contributed by atoms with Crippen molar-refractivity contribution in [2.75, 3.05) is 19.0 Å². The van der Waals surface area contributed by atoms with Gasteiger partial charge in [0, 0.05) is 24.1 Å². The van der Waals surface area contributed by atoms with Gasteiger partial charge in [-0.15, -0.1) is 0 Å². The van der Waals surface area contributed by atoms with Gasteiger partial charge in [-0.3, -0.25) is 0 Å². The first-order valence-corrected chi connectivity index (χ1v) is 8.94. The summed E-state index contributed by atoms with van der Waals surface area (Å²) in [6.07, 6.45) is 0.475. The largest absolute Gasteiger partial charge is 0.497 e. The van der Waals surface area contributed by atoms with Crippen LogP contribution in [-0.2, 0) is 6.42 Å². The Kier molecular flexibility index (Phi) is 5.21. The SMILES string of the molecule is COc1ccc(-c2nc(C#N)c(NCCc3nc(-c4ccccc4)no3)o2)cc1. The monoisotopic (exact) mass is 387 g/mol. The average Bonchev–Trinajstić information content (AvgIpc) is 3.42. The second-order valence-electron chi connectivity index (χ2n) is 6.09. The second kappa shape index (κ2) is 8.27. The second-order valence-corrected chi connectivity index (χ2v) is 6.09. The van der Waals surface area contributed by atoms with Gasteiger partial charge in [-0.2, -0.15) is 15.2 Å². The Bertz CT molecular complexity index is 1130. The zero-order valence-corrected chi connectivity index (χ0v) is 15.6. The van der Waals surface area contributed by atoms with E-state index in [2.05, 4.69) is 20.4 Å². The molecule has 29 heavy (non-hydrogen) atoms. The Morgan fingerprint density at radius 3 is 2.55 bits per heavy atom. The lowest BCUT2D eigenvalue weighted by atomic mass is 10.2. The Hall–Kier alpha value is -4.12. The van der Waals surface area contributed by atoms with E-state index in [0.717, 1.165) is 16.9 Å². The number of anilines is 1. The standard InChI is InChI=1S/C21H17N5O3/c1-27-16-9-7-15(8-10-16)20-24-17(13-22)21(28-20)23-12-11-18-25-19(26-29-18)14-5-3-2-4-6-14/h2-10,23H,11-12H2,1H3. The zero-order chi connectivity index (χ0) is 20.1. The molecular formula is C21H17N5O3. The molecule has 2 aromatic heterocycles. The highest BCUT2D eigenvalue weighted by Gasteiger charge is 2.15. The van der Waals surface area contributed by atoms with Crippen molar-refractivity contribution in [3.8, 4) is 34.7 Å². The van der Waals surface area contributed by atoms with E-state index in [1.54, 1.807) is 19.2 Å². The molecule has 0 aliphatic carbocycles. The molecule has 0 spiro atoms. The molecule has 0 radical (unpaired) electrons. The molecule has 0 amide bonds. The summed E-state index contributed by atoms with van der Waals surface area (Å²) in [6.45, 7) is 0.447. The fourth-order valence-corrected chi connectivity index (χ4v) is 2.72. The van der Waals surface area contributed by atoms with Gasteiger partial charge in [-0.05, 0) is 24.3 Å². The van der Waals surface area contributed by atoms with E-state index < -0.39 is 0 Å². The van der Waals surface area contributed by atoms with Gasteiger partial charge in [-0.1, -0.05) is 35.5 Å². The summed E-state index contributed by atoms with van der Waals surface area (Å²) in [4.78, 5) is 8.62. The number of oxazole rings is 1. The first kappa shape index (κ1) is 18.3. The van der Waals surface area contributed by atoms with Gasteiger partial charge in [0.25, 0.3) is 0 Å². The minimum Gasteiger partial charge on any atom is -0.497 e. The number of ether oxygens (including phenoxy) is 1. The summed E-state index contributed by atoms with van der Waals surface area (Å²) in [7, 11) is 1.60. The van der Waals surface area contributed by atoms with Crippen molar-refractivity contribution in [2.45, 2.75) is 6.42 Å². The number of nitrogens with one attached hydrogen (secondary N) is 1. The van der Waals surface area contributed by atoms with Crippen LogP contribution in [0.25, 0.3) is 22.8 Å². The summed E-state index contributed by atoms with van der Waals surface area (Å²) in [5.74, 6) is 2.43. The van der Waals surface area contributed by atoms with Crippen molar-refractivity contribution in [3.63, 3.8) is 0 Å². The molecule has 144 valence electrons. The average molecular weight is 387 g/mol. The molecule has 0 fully saturated rings. The molecule has 0 bridgehead atoms. The lowest BCUT2D eigenvalue weighted by Crippen LogP contribution is -2.05. The van der Waals surface area contributed by atoms with Crippen molar-refractivity contribution in [1.82, 2.24) is 15.1 Å². The molecule has 0 saturated heterocycles. The third-order valence-corrected chi connectivity index (χ3v) is 4.19. The number of methoxy groups -OCH3 is 1. The predicted molar refractivity (Wildman–Crippen MR) is 105 cm³/mol. The van der Waals surface area contributed by atoms with Crippen molar-refractivity contribution in [3.05, 3.63) is 66.2 Å². The topological polar surface area (TPSA) is 110 Å². The van der Waals surface area contributed by atoms with E-state index in [1.807, 2.05) is 48.5 Å². The minimum absolute atomic E-state index is 0.186. The minimum atomic E-state index is 0.186. The molecule has 0 atom stereocenters. The first-order valence-electron chi connectivity index (χ1n) is 8.94. The smallest absolute Gasteiger partial charge is 0.232 e. The van der Waals surface area contributed by atoms with Gasteiger partial charge >= 0.3 is 0 Å². The van der Waals surface area contributed by atoms with Crippen LogP contribution in [0.5, 0.6) is 5.75 Å². The van der Waals surface area contributed by atoms with E-state index in [0.29, 0.717) is 36.5 Å². The summed E-state index contributed by atoms with van der Waals surface area (Å²) < 4.78 is 16.2. The number of rotatable bonds is 7. The number of nitriles is 1. The number of benzene rings is 2. The zero-order valence-electron chi connectivity index (χ0n) is 15.6. The van der Waals surface area contributed by atoms with Crippen LogP contribution >= 0.6 is 0 Å². The van der Waals surface area contributed by atoms with Crippen LogP contribution in [0.3, 0.4) is 0 Å². The van der Waals surface area contributed by atoms with E-state index in [9.17, 15) is 5.26 Å². The number of hydrogen-bond donors (Lipinski definition) is 1. The molecule has 0 unspecified atom stereocenters. The molecular weight excluding hydrogens is 370 g/mol. The molecule has 0 aliphatic heterocycles. The fourth-order valence-electron chi connectivity index (χ4n) is 2.72. The quantitative estimate of drug-likeness (QED) is 0.508. The predicted octanol–water partition coefficient (Wildman–Crippen LogP) is 3.93. The molecule has 8 nitrogen and oxygen atoms in total. The number of hydrogen-bond acceptors (Lipinski definition) is 8. The van der Waals surface area contributed by atoms with E-state index in [1.165, 1.54) is 0 Å². The summed E-state index contributed by atoms with van der Waals surface area (Å²) in [5.41, 5.74) is 1.83. The Morgan fingerprint density at radius 2 is 1.83 bits per heavy atom. The normalized spacial score (nSPS) is 10.5. The molecule has 0 aliphatic rings. The fraction of sp³-hybridized carbons (Fsp3) is 0.143. The first-order chi connectivity index (χ1) is 14.3. The van der Waals surface area contributed by atoms with Crippen molar-refractivity contribution in [1.29, 1.82) is 5.26 Å². The molecule has 4 aromatic rings. The molecule has 1 N–H and O–H groups in total. The van der Waals surface area contributed by atoms with Gasteiger partial charge in [-0.25, -0.2) is 0 Å². The highest BCUT2D eigenvalue weighted by Crippen LogP contribution is 2.26. The molecule has 0 saturated carbocycles. The Labute approximate surface area is 166 Å². The lowest BCUT2D eigenvalue weighted by molar-refractivity contribution is 0.381. The van der Waals surface area contributed by atoms with Crippen LogP contribution in [0.2, 0.25) is 0 Å². The highest BCUT2D eigenvalue weighted by atomic mass is 16.5. The van der Waals surface area contributed by atoms with Crippen molar-refractivity contribution < 1.29 is 13.7 Å². The maximum atomic E-state index is 9.33. The lowest BCUT2D eigenvalue weighted by Gasteiger charge is -2.01. The van der Waals surface area contributed by atoms with E-state index in [-0.39, 0.29) is 5.69 Å². The van der Waals surface area contributed by atoms with Crippen molar-refractivity contribution >= 4 is 5.88 Å². The van der Waals surface area contributed by atoms with Gasteiger partial charge in [0.05, 0.1) is 7.11 Å². The number of aromatic nitrogens is 3. The third kappa shape index (κ3) is 4.09. The summed E-state index contributed by atoms with van der Waals surface area (Å²) >= 11 is 0. The van der Waals surface area contributed by atoms with Gasteiger partial charge in [0.1, 0.15) is 11.8 Å². The van der Waals surface area contributed by atoms with Crippen LogP contribution in [0.15, 0.2) is 63.5 Å². The van der Waals surface area contributed by atoms with Gasteiger partial charge in [0.2, 0.25) is 29.2 Å². The maximum Gasteiger partial charge on any atom is 0.232 e. The maximum absolute atomic E-state index is 9.33. The van der Waals surface area contributed by atoms with E-state index in [4.69, 9.17) is 13.7 Å². The molecule has 4 rings (SSSR count). The van der Waals surface area contributed by atoms with Gasteiger partial charge < -0.3 is 19.0 Å². The number of nitrogens with zero attached hydrogens (tertiary/aromatic N) is 4.